The van der Waals surface area contributed by atoms with Crippen molar-refractivity contribution < 1.29 is 17.6 Å². The second kappa shape index (κ2) is 9.58. The molecule has 0 aliphatic carbocycles. The molecule has 2 aromatic rings. The Hall–Kier alpha value is -1.56. The molecule has 0 saturated carbocycles. The van der Waals surface area contributed by atoms with Crippen LogP contribution in [0.4, 0.5) is 9.52 Å². The highest BCUT2D eigenvalue weighted by molar-refractivity contribution is 7.98. The number of anilines is 1. The molecule has 1 atom stereocenters. The molecular weight excluding hydrogens is 411 g/mol. The van der Waals surface area contributed by atoms with Crippen LogP contribution in [-0.2, 0) is 14.8 Å². The highest BCUT2D eigenvalue weighted by Gasteiger charge is 2.28. The molecule has 0 aliphatic heterocycles. The first kappa shape index (κ1) is 21.7. The first-order valence-electron chi connectivity index (χ1n) is 8.14. The number of carbonyl (C=O) groups excluding carboxylic acids is 1. The van der Waals surface area contributed by atoms with Crippen molar-refractivity contribution >= 4 is 44.2 Å². The van der Waals surface area contributed by atoms with Crippen LogP contribution in [0.5, 0.6) is 0 Å². The molecule has 148 valence electrons. The molecule has 0 spiro atoms. The van der Waals surface area contributed by atoms with Crippen molar-refractivity contribution in [3.8, 4) is 0 Å². The molecule has 11 heteroatoms. The molecule has 2 rings (SSSR count). The maximum Gasteiger partial charge on any atom is 0.244 e. The summed E-state index contributed by atoms with van der Waals surface area (Å²) in [4.78, 5) is 12.1. The molecule has 1 unspecified atom stereocenters. The molecule has 0 bridgehead atoms. The summed E-state index contributed by atoms with van der Waals surface area (Å²) in [5.41, 5.74) is 0. The van der Waals surface area contributed by atoms with E-state index >= 15 is 0 Å². The molecule has 0 fully saturated rings. The molecule has 2 N–H and O–H groups in total. The Morgan fingerprint density at radius 1 is 1.30 bits per heavy atom. The van der Waals surface area contributed by atoms with Gasteiger partial charge in [-0.05, 0) is 30.6 Å². The number of amides is 1. The number of hydrogen-bond acceptors (Lipinski definition) is 7. The molecule has 1 amide bonds. The molecule has 0 radical (unpaired) electrons. The topological polar surface area (TPSA) is 101 Å². The zero-order valence-electron chi connectivity index (χ0n) is 15.1. The van der Waals surface area contributed by atoms with Gasteiger partial charge in [-0.15, -0.1) is 10.2 Å². The predicted octanol–water partition coefficient (Wildman–Crippen LogP) is 2.84. The van der Waals surface area contributed by atoms with E-state index in [9.17, 15) is 17.6 Å². The Morgan fingerprint density at radius 2 is 2.00 bits per heavy atom. The molecule has 1 aromatic carbocycles. The van der Waals surface area contributed by atoms with Crippen LogP contribution in [0, 0.1) is 5.82 Å². The fraction of sp³-hybridized carbons (Fsp3) is 0.438. The molecule has 0 saturated heterocycles. The minimum atomic E-state index is -4.19. The van der Waals surface area contributed by atoms with Gasteiger partial charge in [-0.3, -0.25) is 10.1 Å². The minimum absolute atomic E-state index is 0.167. The number of rotatable bonds is 9. The summed E-state index contributed by atoms with van der Waals surface area (Å²) in [7, 11) is -4.19. The van der Waals surface area contributed by atoms with Gasteiger partial charge in [-0.2, -0.15) is 16.5 Å². The standard InChI is InChI=1S/C16H21FN4O3S3/c1-10(2)15-19-20-16(26-15)18-14(22)12(8-9-25-3)21-27(23,24)13-7-5-4-6-11(13)17/h4-7,10,12,21H,8-9H2,1-3H3,(H,18,20,22). The number of sulfonamides is 1. The maximum absolute atomic E-state index is 13.9. The highest BCUT2D eigenvalue weighted by Crippen LogP contribution is 2.23. The molecule has 27 heavy (non-hydrogen) atoms. The second-order valence-corrected chi connectivity index (χ2v) is 9.65. The summed E-state index contributed by atoms with van der Waals surface area (Å²) in [5.74, 6) is -0.722. The van der Waals surface area contributed by atoms with Crippen molar-refractivity contribution in [3.63, 3.8) is 0 Å². The summed E-state index contributed by atoms with van der Waals surface area (Å²) < 4.78 is 41.2. The van der Waals surface area contributed by atoms with Crippen LogP contribution >= 0.6 is 23.1 Å². The summed E-state index contributed by atoms with van der Waals surface area (Å²) in [6.07, 6.45) is 2.09. The lowest BCUT2D eigenvalue weighted by Crippen LogP contribution is -2.44. The number of thioether (sulfide) groups is 1. The normalized spacial score (nSPS) is 12.9. The predicted molar refractivity (Wildman–Crippen MR) is 106 cm³/mol. The van der Waals surface area contributed by atoms with E-state index in [1.165, 1.54) is 35.2 Å². The average Bonchev–Trinajstić information content (AvgIpc) is 3.07. The summed E-state index contributed by atoms with van der Waals surface area (Å²) >= 11 is 2.70. The van der Waals surface area contributed by atoms with Gasteiger partial charge in [0.05, 0.1) is 0 Å². The number of aromatic nitrogens is 2. The van der Waals surface area contributed by atoms with E-state index in [1.807, 2.05) is 20.1 Å². The van der Waals surface area contributed by atoms with Crippen molar-refractivity contribution in [2.24, 2.45) is 0 Å². The van der Waals surface area contributed by atoms with Crippen LogP contribution in [0.25, 0.3) is 0 Å². The third-order valence-corrected chi connectivity index (χ3v) is 6.80. The lowest BCUT2D eigenvalue weighted by atomic mass is 10.2. The third-order valence-electron chi connectivity index (χ3n) is 3.52. The van der Waals surface area contributed by atoms with Gasteiger partial charge >= 0.3 is 0 Å². The summed E-state index contributed by atoms with van der Waals surface area (Å²) in [5, 5.41) is 11.5. The van der Waals surface area contributed by atoms with Gasteiger partial charge in [0.1, 0.15) is 21.8 Å². The van der Waals surface area contributed by atoms with E-state index in [0.29, 0.717) is 10.9 Å². The number of nitrogens with zero attached hydrogens (tertiary/aromatic N) is 2. The lowest BCUT2D eigenvalue weighted by Gasteiger charge is -2.17. The second-order valence-electron chi connectivity index (χ2n) is 5.98. The Balaban J connectivity index is 2.18. The van der Waals surface area contributed by atoms with Crippen molar-refractivity contribution in [3.05, 3.63) is 35.1 Å². The van der Waals surface area contributed by atoms with Crippen molar-refractivity contribution in [1.82, 2.24) is 14.9 Å². The van der Waals surface area contributed by atoms with Crippen LogP contribution in [0.15, 0.2) is 29.2 Å². The Kier molecular flexibility index (Phi) is 7.71. The minimum Gasteiger partial charge on any atom is -0.299 e. The van der Waals surface area contributed by atoms with Crippen molar-refractivity contribution in [2.45, 2.75) is 37.1 Å². The van der Waals surface area contributed by atoms with E-state index in [2.05, 4.69) is 20.2 Å². The average molecular weight is 433 g/mol. The number of nitrogens with one attached hydrogen (secondary N) is 2. The van der Waals surface area contributed by atoms with Crippen molar-refractivity contribution in [1.29, 1.82) is 0 Å². The van der Waals surface area contributed by atoms with Crippen LogP contribution < -0.4 is 10.0 Å². The SMILES string of the molecule is CSCCC(NS(=O)(=O)c1ccccc1F)C(=O)Nc1nnc(C(C)C)s1. The Labute approximate surface area is 166 Å². The number of halogens is 1. The van der Waals surface area contributed by atoms with E-state index in [1.54, 1.807) is 0 Å². The number of hydrogen-bond donors (Lipinski definition) is 2. The molecule has 0 aliphatic rings. The van der Waals surface area contributed by atoms with Gasteiger partial charge in [0.2, 0.25) is 21.1 Å². The van der Waals surface area contributed by atoms with Crippen LogP contribution in [0.2, 0.25) is 0 Å². The third kappa shape index (κ3) is 5.96. The zero-order valence-corrected chi connectivity index (χ0v) is 17.5. The quantitative estimate of drug-likeness (QED) is 0.632. The maximum atomic E-state index is 13.9. The van der Waals surface area contributed by atoms with Gasteiger partial charge < -0.3 is 0 Å². The molecule has 7 nitrogen and oxygen atoms in total. The zero-order chi connectivity index (χ0) is 20.0. The van der Waals surface area contributed by atoms with E-state index in [-0.39, 0.29) is 12.3 Å². The number of benzene rings is 1. The largest absolute Gasteiger partial charge is 0.299 e. The van der Waals surface area contributed by atoms with E-state index in [0.717, 1.165) is 17.1 Å². The highest BCUT2D eigenvalue weighted by atomic mass is 32.2. The lowest BCUT2D eigenvalue weighted by molar-refractivity contribution is -0.117. The van der Waals surface area contributed by atoms with Gasteiger partial charge in [0.25, 0.3) is 0 Å². The fourth-order valence-corrected chi connectivity index (χ4v) is 4.63. The van der Waals surface area contributed by atoms with Crippen LogP contribution in [0.1, 0.15) is 31.2 Å². The van der Waals surface area contributed by atoms with E-state index in [4.69, 9.17) is 0 Å². The first-order valence-corrected chi connectivity index (χ1v) is 11.8. The fourth-order valence-electron chi connectivity index (χ4n) is 2.10. The van der Waals surface area contributed by atoms with E-state index < -0.39 is 32.7 Å². The summed E-state index contributed by atoms with van der Waals surface area (Å²) in [6.45, 7) is 3.91. The van der Waals surface area contributed by atoms with Crippen molar-refractivity contribution in [2.75, 3.05) is 17.3 Å². The molecule has 1 heterocycles. The van der Waals surface area contributed by atoms with Gasteiger partial charge in [-0.1, -0.05) is 37.3 Å². The molecular formula is C16H21FN4O3S3. The monoisotopic (exact) mass is 432 g/mol. The Bertz CT molecular complexity index is 887. The summed E-state index contributed by atoms with van der Waals surface area (Å²) in [6, 6.07) is 3.96. The van der Waals surface area contributed by atoms with Gasteiger partial charge in [0.15, 0.2) is 0 Å². The molecule has 1 aromatic heterocycles. The first-order chi connectivity index (χ1) is 12.7. The smallest absolute Gasteiger partial charge is 0.244 e. The van der Waals surface area contributed by atoms with Gasteiger partial charge in [-0.25, -0.2) is 12.8 Å². The number of carbonyl (C=O) groups is 1. The van der Waals surface area contributed by atoms with Crippen LogP contribution in [-0.4, -0.2) is 42.6 Å². The van der Waals surface area contributed by atoms with Gasteiger partial charge in [0, 0.05) is 5.92 Å². The van der Waals surface area contributed by atoms with Crippen LogP contribution in [0.3, 0.4) is 0 Å². The Morgan fingerprint density at radius 3 is 2.59 bits per heavy atom.